The molecule has 0 saturated carbocycles. The van der Waals surface area contributed by atoms with Crippen LogP contribution in [0.1, 0.15) is 28.4 Å². The molecule has 1 aromatic carbocycles. The Hall–Kier alpha value is -2.56. The van der Waals surface area contributed by atoms with E-state index in [-0.39, 0.29) is 24.0 Å². The lowest BCUT2D eigenvalue weighted by Crippen LogP contribution is -2.20. The molecule has 0 heterocycles. The number of carbonyl (C=O) groups is 2. The van der Waals surface area contributed by atoms with Crippen LogP contribution in [0, 0.1) is 11.3 Å². The predicted octanol–water partition coefficient (Wildman–Crippen LogP) is 2.37. The second kappa shape index (κ2) is 6.74. The summed E-state index contributed by atoms with van der Waals surface area (Å²) in [4.78, 5) is 22.3. The Bertz CT molecular complexity index is 590. The maximum absolute atomic E-state index is 12.4. The van der Waals surface area contributed by atoms with Gasteiger partial charge in [-0.1, -0.05) is 6.07 Å². The number of alkyl halides is 3. The van der Waals surface area contributed by atoms with E-state index in [2.05, 4.69) is 9.47 Å². The van der Waals surface area contributed by atoms with Crippen molar-refractivity contribution in [1.29, 1.82) is 5.26 Å². The second-order valence-corrected chi connectivity index (χ2v) is 3.77. The number of hydrogen-bond donors (Lipinski definition) is 0. The molecule has 112 valence electrons. The first kappa shape index (κ1) is 16.5. The summed E-state index contributed by atoms with van der Waals surface area (Å²) in [5, 5.41) is 8.79. The smallest absolute Gasteiger partial charge is 0.466 e. The van der Waals surface area contributed by atoms with Crippen LogP contribution in [0.5, 0.6) is 5.75 Å². The fourth-order valence-corrected chi connectivity index (χ4v) is 1.60. The minimum atomic E-state index is -5.06. The summed E-state index contributed by atoms with van der Waals surface area (Å²) < 4.78 is 45.7. The van der Waals surface area contributed by atoms with Crippen molar-refractivity contribution < 1.29 is 32.2 Å². The van der Waals surface area contributed by atoms with Gasteiger partial charge in [-0.2, -0.15) is 5.26 Å². The first-order valence-electron chi connectivity index (χ1n) is 5.74. The maximum Gasteiger partial charge on any atom is 0.573 e. The van der Waals surface area contributed by atoms with Gasteiger partial charge in [0, 0.05) is 5.56 Å². The molecule has 21 heavy (non-hydrogen) atoms. The van der Waals surface area contributed by atoms with E-state index < -0.39 is 30.1 Å². The molecule has 0 N–H and O–H groups in total. The normalized spacial score (nSPS) is 10.6. The van der Waals surface area contributed by atoms with E-state index in [1.54, 1.807) is 13.0 Å². The first-order chi connectivity index (χ1) is 9.82. The molecular formula is C13H10F3NO4. The molecule has 0 unspecified atom stereocenters. The highest BCUT2D eigenvalue weighted by atomic mass is 19.4. The number of hydrogen-bond acceptors (Lipinski definition) is 5. The van der Waals surface area contributed by atoms with Crippen LogP contribution >= 0.6 is 0 Å². The molecule has 0 saturated heterocycles. The zero-order valence-corrected chi connectivity index (χ0v) is 10.9. The average Bonchev–Trinajstić information content (AvgIpc) is 2.39. The molecule has 0 bridgehead atoms. The molecule has 0 atom stereocenters. The summed E-state index contributed by atoms with van der Waals surface area (Å²) >= 11 is 0. The molecular weight excluding hydrogens is 291 g/mol. The minimum absolute atomic E-state index is 0.0606. The van der Waals surface area contributed by atoms with Crippen molar-refractivity contribution in [3.63, 3.8) is 0 Å². The Kier molecular flexibility index (Phi) is 5.30. The molecule has 1 aromatic rings. The molecule has 0 aliphatic carbocycles. The van der Waals surface area contributed by atoms with Gasteiger partial charge in [0.25, 0.3) is 0 Å². The van der Waals surface area contributed by atoms with Crippen molar-refractivity contribution in [2.75, 3.05) is 6.61 Å². The van der Waals surface area contributed by atoms with Crippen LogP contribution in [0.25, 0.3) is 0 Å². The van der Waals surface area contributed by atoms with Gasteiger partial charge in [-0.25, -0.2) is 0 Å². The molecule has 0 radical (unpaired) electrons. The van der Waals surface area contributed by atoms with Gasteiger partial charge in [0.05, 0.1) is 24.2 Å². The van der Waals surface area contributed by atoms with E-state index in [4.69, 9.17) is 5.26 Å². The standard InChI is InChI=1S/C13H10F3NO4/c1-2-20-11(19)5-8-3-4-9(6-17)10(7-18)12(8)21-13(14,15)16/h3-4,7H,2,5H2,1H3. The van der Waals surface area contributed by atoms with Gasteiger partial charge >= 0.3 is 12.3 Å². The van der Waals surface area contributed by atoms with E-state index in [1.807, 2.05) is 0 Å². The number of nitrogens with zero attached hydrogens (tertiary/aromatic N) is 1. The number of esters is 1. The largest absolute Gasteiger partial charge is 0.573 e. The lowest BCUT2D eigenvalue weighted by atomic mass is 10.0. The van der Waals surface area contributed by atoms with Gasteiger partial charge in [0.2, 0.25) is 0 Å². The summed E-state index contributed by atoms with van der Waals surface area (Å²) in [7, 11) is 0. The van der Waals surface area contributed by atoms with E-state index in [9.17, 15) is 22.8 Å². The average molecular weight is 301 g/mol. The van der Waals surface area contributed by atoms with Crippen molar-refractivity contribution >= 4 is 12.3 Å². The van der Waals surface area contributed by atoms with Crippen LogP contribution in [-0.2, 0) is 16.0 Å². The highest BCUT2D eigenvalue weighted by Crippen LogP contribution is 2.32. The van der Waals surface area contributed by atoms with Crippen molar-refractivity contribution in [1.82, 2.24) is 0 Å². The Balaban J connectivity index is 3.33. The van der Waals surface area contributed by atoms with Gasteiger partial charge in [0.1, 0.15) is 11.8 Å². The lowest BCUT2D eigenvalue weighted by Gasteiger charge is -2.15. The maximum atomic E-state index is 12.4. The van der Waals surface area contributed by atoms with Crippen molar-refractivity contribution in [3.8, 4) is 11.8 Å². The molecule has 0 fully saturated rings. The quantitative estimate of drug-likeness (QED) is 0.616. The Morgan fingerprint density at radius 1 is 1.43 bits per heavy atom. The fourth-order valence-electron chi connectivity index (χ4n) is 1.60. The van der Waals surface area contributed by atoms with Crippen molar-refractivity contribution in [2.45, 2.75) is 19.7 Å². The van der Waals surface area contributed by atoms with Crippen LogP contribution in [0.4, 0.5) is 13.2 Å². The lowest BCUT2D eigenvalue weighted by molar-refractivity contribution is -0.275. The van der Waals surface area contributed by atoms with Gasteiger partial charge in [-0.15, -0.1) is 13.2 Å². The first-order valence-corrected chi connectivity index (χ1v) is 5.74. The zero-order valence-electron chi connectivity index (χ0n) is 10.9. The molecule has 0 spiro atoms. The Morgan fingerprint density at radius 3 is 2.57 bits per heavy atom. The van der Waals surface area contributed by atoms with Crippen LogP contribution in [0.15, 0.2) is 12.1 Å². The molecule has 0 aromatic heterocycles. The molecule has 5 nitrogen and oxygen atoms in total. The molecule has 0 aliphatic heterocycles. The third-order valence-electron chi connectivity index (χ3n) is 2.37. The number of halogens is 3. The van der Waals surface area contributed by atoms with Crippen molar-refractivity contribution in [2.24, 2.45) is 0 Å². The summed E-state index contributed by atoms with van der Waals surface area (Å²) in [6, 6.07) is 3.84. The van der Waals surface area contributed by atoms with Crippen molar-refractivity contribution in [3.05, 3.63) is 28.8 Å². The van der Waals surface area contributed by atoms with Gasteiger partial charge < -0.3 is 9.47 Å². The van der Waals surface area contributed by atoms with Crippen LogP contribution in [-0.4, -0.2) is 25.2 Å². The van der Waals surface area contributed by atoms with E-state index in [0.29, 0.717) is 0 Å². The third-order valence-corrected chi connectivity index (χ3v) is 2.37. The number of aldehydes is 1. The highest BCUT2D eigenvalue weighted by molar-refractivity contribution is 5.86. The third kappa shape index (κ3) is 4.49. The van der Waals surface area contributed by atoms with E-state index in [1.165, 1.54) is 0 Å². The monoisotopic (exact) mass is 301 g/mol. The molecule has 0 amide bonds. The summed E-state index contributed by atoms with van der Waals surface area (Å²) in [5.41, 5.74) is -1.03. The Labute approximate surface area is 117 Å². The summed E-state index contributed by atoms with van der Waals surface area (Å²) in [5.74, 6) is -1.63. The SMILES string of the molecule is CCOC(=O)Cc1ccc(C#N)c(C=O)c1OC(F)(F)F. The van der Waals surface area contributed by atoms with Crippen LogP contribution < -0.4 is 4.74 Å². The number of ether oxygens (including phenoxy) is 2. The number of rotatable bonds is 5. The predicted molar refractivity (Wildman–Crippen MR) is 63.6 cm³/mol. The number of nitriles is 1. The molecule has 1 rings (SSSR count). The van der Waals surface area contributed by atoms with E-state index >= 15 is 0 Å². The number of carbonyl (C=O) groups excluding carboxylic acids is 2. The van der Waals surface area contributed by atoms with Crippen LogP contribution in [0.2, 0.25) is 0 Å². The summed E-state index contributed by atoms with van der Waals surface area (Å²) in [6.07, 6.45) is -5.49. The second-order valence-electron chi connectivity index (χ2n) is 3.77. The van der Waals surface area contributed by atoms with Gasteiger partial charge in [-0.05, 0) is 13.0 Å². The van der Waals surface area contributed by atoms with E-state index in [0.717, 1.165) is 12.1 Å². The molecule has 8 heteroatoms. The summed E-state index contributed by atoms with van der Waals surface area (Å²) in [6.45, 7) is 1.60. The van der Waals surface area contributed by atoms with Crippen LogP contribution in [0.3, 0.4) is 0 Å². The Morgan fingerprint density at radius 2 is 2.10 bits per heavy atom. The fraction of sp³-hybridized carbons (Fsp3) is 0.308. The minimum Gasteiger partial charge on any atom is -0.466 e. The highest BCUT2D eigenvalue weighted by Gasteiger charge is 2.34. The molecule has 0 aliphatic rings. The topological polar surface area (TPSA) is 76.4 Å². The van der Waals surface area contributed by atoms with Gasteiger partial charge in [0.15, 0.2) is 6.29 Å². The number of benzene rings is 1. The zero-order chi connectivity index (χ0) is 16.0. The van der Waals surface area contributed by atoms with Gasteiger partial charge in [-0.3, -0.25) is 9.59 Å².